The van der Waals surface area contributed by atoms with Gasteiger partial charge in [0.1, 0.15) is 6.04 Å². The Morgan fingerprint density at radius 3 is 2.03 bits per heavy atom. The molecule has 0 spiro atoms. The molecular weight excluding hydrogens is 402 g/mol. The van der Waals surface area contributed by atoms with E-state index >= 15 is 0 Å². The normalized spacial score (nSPS) is 14.0. The van der Waals surface area contributed by atoms with Gasteiger partial charge in [-0.3, -0.25) is 9.59 Å². The summed E-state index contributed by atoms with van der Waals surface area (Å²) in [4.78, 5) is 34.0. The molecule has 0 aliphatic heterocycles. The Morgan fingerprint density at radius 1 is 0.933 bits per heavy atom. The van der Waals surface area contributed by atoms with Crippen LogP contribution in [0.5, 0.6) is 0 Å². The number of hydrogen-bond donors (Lipinski definition) is 3. The number of carboxylic acid groups (broad SMARTS) is 2. The largest absolute Gasteiger partial charge is 0.481 e. The van der Waals surface area contributed by atoms with E-state index in [0.717, 1.165) is 25.7 Å². The molecule has 170 valence electrons. The molecule has 2 atom stereocenters. The highest BCUT2D eigenvalue weighted by Crippen LogP contribution is 2.13. The van der Waals surface area contributed by atoms with Crippen LogP contribution in [-0.4, -0.2) is 45.6 Å². The smallest absolute Gasteiger partial charge is 0.327 e. The number of carboxylic acids is 2. The monoisotopic (exact) mass is 439 g/mol. The second-order valence-electron chi connectivity index (χ2n) is 7.90. The Balaban J connectivity index is 4.31. The number of nitrogens with one attached hydrogen (secondary N) is 1. The topological polar surface area (TPSA) is 104 Å². The van der Waals surface area contributed by atoms with Gasteiger partial charge in [-0.05, 0) is 53.4 Å². The van der Waals surface area contributed by atoms with Gasteiger partial charge in [0.2, 0.25) is 5.91 Å². The van der Waals surface area contributed by atoms with E-state index in [4.69, 9.17) is 5.11 Å². The molecule has 0 fully saturated rings. The fourth-order valence-electron chi connectivity index (χ4n) is 2.57. The van der Waals surface area contributed by atoms with Gasteiger partial charge in [0, 0.05) is 17.4 Å². The first-order valence-electron chi connectivity index (χ1n) is 10.3. The van der Waals surface area contributed by atoms with Crippen molar-refractivity contribution in [2.24, 2.45) is 5.92 Å². The van der Waals surface area contributed by atoms with Crippen molar-refractivity contribution < 1.29 is 24.6 Å². The SMILES string of the molecule is CC(C)=CCC/C(C)=C/CC/C(C)=C/CSC[C@H](NC(=O)[C@@H](C)CC(=O)O)C(=O)O. The van der Waals surface area contributed by atoms with Crippen molar-refractivity contribution in [3.63, 3.8) is 0 Å². The Hall–Kier alpha value is -2.02. The minimum absolute atomic E-state index is 0.230. The number of aliphatic carboxylic acids is 2. The summed E-state index contributed by atoms with van der Waals surface area (Å²) >= 11 is 1.43. The maximum Gasteiger partial charge on any atom is 0.327 e. The van der Waals surface area contributed by atoms with E-state index in [1.165, 1.54) is 35.4 Å². The van der Waals surface area contributed by atoms with E-state index in [0.29, 0.717) is 5.75 Å². The van der Waals surface area contributed by atoms with Gasteiger partial charge in [-0.15, -0.1) is 0 Å². The average Bonchev–Trinajstić information content (AvgIpc) is 2.62. The minimum Gasteiger partial charge on any atom is -0.481 e. The van der Waals surface area contributed by atoms with Crippen LogP contribution in [-0.2, 0) is 14.4 Å². The van der Waals surface area contributed by atoms with Crippen LogP contribution in [0, 0.1) is 5.92 Å². The minimum atomic E-state index is -1.12. The maximum atomic E-state index is 11.9. The van der Waals surface area contributed by atoms with Crippen LogP contribution in [0.3, 0.4) is 0 Å². The lowest BCUT2D eigenvalue weighted by molar-refractivity contribution is -0.143. The Bertz CT molecular complexity index is 663. The van der Waals surface area contributed by atoms with Gasteiger partial charge < -0.3 is 15.5 Å². The van der Waals surface area contributed by atoms with E-state index in [-0.39, 0.29) is 12.2 Å². The molecule has 0 saturated heterocycles. The summed E-state index contributed by atoms with van der Waals surface area (Å²) in [5.41, 5.74) is 3.99. The first kappa shape index (κ1) is 28.0. The molecule has 6 nitrogen and oxygen atoms in total. The quantitative estimate of drug-likeness (QED) is 0.250. The van der Waals surface area contributed by atoms with E-state index in [1.807, 2.05) is 0 Å². The summed E-state index contributed by atoms with van der Waals surface area (Å²) in [5, 5.41) is 20.4. The molecule has 0 bridgehead atoms. The number of thioether (sulfide) groups is 1. The molecule has 7 heteroatoms. The van der Waals surface area contributed by atoms with E-state index < -0.39 is 29.8 Å². The van der Waals surface area contributed by atoms with Crippen molar-refractivity contribution in [1.82, 2.24) is 5.32 Å². The van der Waals surface area contributed by atoms with Crippen molar-refractivity contribution >= 4 is 29.6 Å². The molecule has 30 heavy (non-hydrogen) atoms. The Labute approximate surface area is 184 Å². The number of carbonyl (C=O) groups excluding carboxylic acids is 1. The highest BCUT2D eigenvalue weighted by molar-refractivity contribution is 7.99. The molecule has 1 amide bonds. The van der Waals surface area contributed by atoms with Gasteiger partial charge in [0.05, 0.1) is 6.42 Å². The standard InChI is InChI=1S/C23H37NO5S/c1-16(2)8-6-9-17(3)10-7-11-18(4)12-13-30-15-20(23(28)29)24-22(27)19(5)14-21(25)26/h8,10,12,19-20H,6-7,9,11,13-15H2,1-5H3,(H,24,27)(H,25,26)(H,28,29)/b17-10+,18-12+/t19-,20-/m0/s1. The zero-order valence-corrected chi connectivity index (χ0v) is 19.7. The van der Waals surface area contributed by atoms with Crippen LogP contribution in [0.2, 0.25) is 0 Å². The second kappa shape index (κ2) is 15.8. The summed E-state index contributed by atoms with van der Waals surface area (Å²) in [6, 6.07) is -1.03. The van der Waals surface area contributed by atoms with Crippen molar-refractivity contribution in [2.45, 2.75) is 72.8 Å². The van der Waals surface area contributed by atoms with Gasteiger partial charge in [-0.2, -0.15) is 11.8 Å². The van der Waals surface area contributed by atoms with Crippen LogP contribution in [0.15, 0.2) is 34.9 Å². The predicted molar refractivity (Wildman–Crippen MR) is 124 cm³/mol. The van der Waals surface area contributed by atoms with Gasteiger partial charge in [-0.25, -0.2) is 4.79 Å². The molecular formula is C23H37NO5S. The maximum absolute atomic E-state index is 11.9. The fourth-order valence-corrected chi connectivity index (χ4v) is 3.57. The molecule has 0 aliphatic carbocycles. The summed E-state index contributed by atoms with van der Waals surface area (Å²) in [6.07, 6.45) is 10.4. The number of rotatable bonds is 15. The first-order valence-corrected chi connectivity index (χ1v) is 11.5. The molecule has 0 aromatic rings. The molecule has 0 unspecified atom stereocenters. The van der Waals surface area contributed by atoms with Crippen molar-refractivity contribution in [2.75, 3.05) is 11.5 Å². The summed E-state index contributed by atoms with van der Waals surface area (Å²) in [5.74, 6) is -2.63. The zero-order valence-electron chi connectivity index (χ0n) is 18.9. The molecule has 0 aromatic heterocycles. The van der Waals surface area contributed by atoms with Crippen molar-refractivity contribution in [3.05, 3.63) is 34.9 Å². The van der Waals surface area contributed by atoms with Crippen LogP contribution >= 0.6 is 11.8 Å². The lowest BCUT2D eigenvalue weighted by atomic mass is 10.1. The summed E-state index contributed by atoms with van der Waals surface area (Å²) in [7, 11) is 0. The zero-order chi connectivity index (χ0) is 23.1. The van der Waals surface area contributed by atoms with Crippen LogP contribution in [0.4, 0.5) is 0 Å². The first-order chi connectivity index (χ1) is 14.0. The molecule has 3 N–H and O–H groups in total. The highest BCUT2D eigenvalue weighted by Gasteiger charge is 2.24. The van der Waals surface area contributed by atoms with Gasteiger partial charge in [-0.1, -0.05) is 41.9 Å². The van der Waals surface area contributed by atoms with Gasteiger partial charge >= 0.3 is 11.9 Å². The molecule has 0 aliphatic rings. The van der Waals surface area contributed by atoms with Crippen LogP contribution in [0.25, 0.3) is 0 Å². The van der Waals surface area contributed by atoms with Crippen molar-refractivity contribution in [3.8, 4) is 0 Å². The predicted octanol–water partition coefficient (Wildman–Crippen LogP) is 4.82. The highest BCUT2D eigenvalue weighted by atomic mass is 32.2. The van der Waals surface area contributed by atoms with Gasteiger partial charge in [0.25, 0.3) is 0 Å². The number of carbonyl (C=O) groups is 3. The Kier molecular flexibility index (Phi) is 14.7. The summed E-state index contributed by atoms with van der Waals surface area (Å²) in [6.45, 7) is 9.91. The number of allylic oxidation sites excluding steroid dienone is 5. The molecule has 0 heterocycles. The molecule has 0 aromatic carbocycles. The van der Waals surface area contributed by atoms with Gasteiger partial charge in [0.15, 0.2) is 0 Å². The Morgan fingerprint density at radius 2 is 1.50 bits per heavy atom. The third-order valence-corrected chi connectivity index (χ3v) is 5.47. The molecule has 0 radical (unpaired) electrons. The van der Waals surface area contributed by atoms with E-state index in [9.17, 15) is 19.5 Å². The third kappa shape index (κ3) is 14.9. The lowest BCUT2D eigenvalue weighted by Gasteiger charge is -2.16. The molecule has 0 saturated carbocycles. The third-order valence-electron chi connectivity index (χ3n) is 4.50. The lowest BCUT2D eigenvalue weighted by Crippen LogP contribution is -2.45. The average molecular weight is 440 g/mol. The van der Waals surface area contributed by atoms with Crippen LogP contribution in [0.1, 0.15) is 66.7 Å². The van der Waals surface area contributed by atoms with Crippen LogP contribution < -0.4 is 5.32 Å². The van der Waals surface area contributed by atoms with Crippen molar-refractivity contribution in [1.29, 1.82) is 0 Å². The fraction of sp³-hybridized carbons (Fsp3) is 0.609. The second-order valence-corrected chi connectivity index (χ2v) is 8.97. The van der Waals surface area contributed by atoms with E-state index in [1.54, 1.807) is 0 Å². The summed E-state index contributed by atoms with van der Waals surface area (Å²) < 4.78 is 0. The number of amides is 1. The number of hydrogen-bond acceptors (Lipinski definition) is 4. The van der Waals surface area contributed by atoms with E-state index in [2.05, 4.69) is 51.2 Å². The molecule has 0 rings (SSSR count).